The lowest BCUT2D eigenvalue weighted by atomic mass is 10.1. The molecule has 1 aromatic rings. The predicted molar refractivity (Wildman–Crippen MR) is 59.7 cm³/mol. The van der Waals surface area contributed by atoms with Crippen LogP contribution < -0.4 is 10.6 Å². The van der Waals surface area contributed by atoms with Crippen molar-refractivity contribution in [3.8, 4) is 0 Å². The van der Waals surface area contributed by atoms with Crippen LogP contribution in [-0.2, 0) is 11.3 Å². The molecule has 1 amide bonds. The van der Waals surface area contributed by atoms with E-state index in [9.17, 15) is 18.0 Å². The number of aryl methyl sites for hydroxylation is 1. The average molecular weight is 261 g/mol. The Balaban J connectivity index is 2.26. The number of nitrogens with zero attached hydrogens (tertiary/aromatic N) is 1. The summed E-state index contributed by atoms with van der Waals surface area (Å²) >= 11 is 0. The van der Waals surface area contributed by atoms with E-state index < -0.39 is 18.6 Å². The Hall–Kier alpha value is -1.63. The van der Waals surface area contributed by atoms with Crippen molar-refractivity contribution < 1.29 is 18.0 Å². The molecule has 7 heteroatoms. The van der Waals surface area contributed by atoms with E-state index in [-0.39, 0.29) is 6.54 Å². The van der Waals surface area contributed by atoms with Crippen LogP contribution in [0.5, 0.6) is 0 Å². The number of halogens is 3. The van der Waals surface area contributed by atoms with Crippen molar-refractivity contribution in [1.29, 1.82) is 0 Å². The maximum atomic E-state index is 11.8. The molecular weight excluding hydrogens is 247 g/mol. The normalized spacial score (nSPS) is 11.3. The zero-order chi connectivity index (χ0) is 13.6. The molecule has 0 saturated heterocycles. The first kappa shape index (κ1) is 14.4. The third-order valence-electron chi connectivity index (χ3n) is 2.22. The molecule has 0 bridgehead atoms. The summed E-state index contributed by atoms with van der Waals surface area (Å²) in [5.74, 6) is -0.681. The third kappa shape index (κ3) is 5.62. The molecule has 4 nitrogen and oxygen atoms in total. The fourth-order valence-electron chi connectivity index (χ4n) is 1.27. The number of pyridine rings is 1. The summed E-state index contributed by atoms with van der Waals surface area (Å²) in [7, 11) is 0. The first-order chi connectivity index (χ1) is 8.38. The van der Waals surface area contributed by atoms with Crippen molar-refractivity contribution in [3.05, 3.63) is 29.6 Å². The van der Waals surface area contributed by atoms with E-state index in [1.807, 2.05) is 6.92 Å². The zero-order valence-corrected chi connectivity index (χ0v) is 9.84. The van der Waals surface area contributed by atoms with E-state index in [1.165, 1.54) is 0 Å². The predicted octanol–water partition coefficient (Wildman–Crippen LogP) is 1.16. The second kappa shape index (κ2) is 6.34. The molecule has 1 rings (SSSR count). The molecule has 0 atom stereocenters. The fourth-order valence-corrected chi connectivity index (χ4v) is 1.27. The van der Waals surface area contributed by atoms with Gasteiger partial charge in [0.15, 0.2) is 0 Å². The highest BCUT2D eigenvalue weighted by molar-refractivity contribution is 5.78. The molecule has 0 saturated carbocycles. The van der Waals surface area contributed by atoms with E-state index in [4.69, 9.17) is 0 Å². The van der Waals surface area contributed by atoms with Gasteiger partial charge in [-0.1, -0.05) is 0 Å². The van der Waals surface area contributed by atoms with E-state index in [0.717, 1.165) is 11.1 Å². The number of carbonyl (C=O) groups excluding carboxylic acids is 1. The Labute approximate surface area is 103 Å². The summed E-state index contributed by atoms with van der Waals surface area (Å²) < 4.78 is 35.4. The average Bonchev–Trinajstić information content (AvgIpc) is 2.28. The maximum absolute atomic E-state index is 11.8. The van der Waals surface area contributed by atoms with Crippen LogP contribution in [0, 0.1) is 6.92 Å². The minimum Gasteiger partial charge on any atom is -0.346 e. The van der Waals surface area contributed by atoms with Crippen molar-refractivity contribution in [2.45, 2.75) is 19.6 Å². The Morgan fingerprint density at radius 2 is 2.17 bits per heavy atom. The summed E-state index contributed by atoms with van der Waals surface area (Å²) in [6.07, 6.45) is -1.08. The molecule has 100 valence electrons. The molecule has 0 aromatic carbocycles. The van der Waals surface area contributed by atoms with E-state index in [2.05, 4.69) is 10.3 Å². The molecule has 18 heavy (non-hydrogen) atoms. The number of rotatable bonds is 5. The summed E-state index contributed by atoms with van der Waals surface area (Å²) in [5, 5.41) is 4.56. The molecule has 0 fully saturated rings. The van der Waals surface area contributed by atoms with Gasteiger partial charge in [0.2, 0.25) is 5.91 Å². The van der Waals surface area contributed by atoms with Gasteiger partial charge in [-0.15, -0.1) is 0 Å². The van der Waals surface area contributed by atoms with Crippen molar-refractivity contribution in [2.75, 3.05) is 13.1 Å². The first-order valence-electron chi connectivity index (χ1n) is 5.32. The van der Waals surface area contributed by atoms with Crippen LogP contribution in [0.4, 0.5) is 13.2 Å². The highest BCUT2D eigenvalue weighted by Crippen LogP contribution is 2.11. The second-order valence-electron chi connectivity index (χ2n) is 3.80. The van der Waals surface area contributed by atoms with Gasteiger partial charge in [-0.2, -0.15) is 13.2 Å². The Bertz CT molecular complexity index is 407. The van der Waals surface area contributed by atoms with Crippen LogP contribution in [0.25, 0.3) is 0 Å². The fraction of sp³-hybridized carbons (Fsp3) is 0.455. The highest BCUT2D eigenvalue weighted by Gasteiger charge is 2.27. The number of nitrogens with one attached hydrogen (secondary N) is 2. The Morgan fingerprint density at radius 3 is 2.78 bits per heavy atom. The number of hydrogen-bond acceptors (Lipinski definition) is 3. The highest BCUT2D eigenvalue weighted by atomic mass is 19.4. The van der Waals surface area contributed by atoms with Crippen LogP contribution in [0.1, 0.15) is 11.1 Å². The maximum Gasteiger partial charge on any atom is 0.405 e. The molecule has 2 N–H and O–H groups in total. The van der Waals surface area contributed by atoms with Gasteiger partial charge in [0, 0.05) is 18.9 Å². The monoisotopic (exact) mass is 261 g/mol. The summed E-state index contributed by atoms with van der Waals surface area (Å²) in [6, 6.07) is 1.79. The van der Waals surface area contributed by atoms with E-state index in [0.29, 0.717) is 6.54 Å². The largest absolute Gasteiger partial charge is 0.405 e. The van der Waals surface area contributed by atoms with Gasteiger partial charge in [-0.05, 0) is 24.1 Å². The summed E-state index contributed by atoms with van der Waals surface area (Å²) in [4.78, 5) is 15.0. The van der Waals surface area contributed by atoms with Crippen molar-refractivity contribution >= 4 is 5.91 Å². The van der Waals surface area contributed by atoms with E-state index >= 15 is 0 Å². The third-order valence-corrected chi connectivity index (χ3v) is 2.22. The lowest BCUT2D eigenvalue weighted by molar-refractivity contribution is -0.137. The van der Waals surface area contributed by atoms with Gasteiger partial charge in [0.25, 0.3) is 0 Å². The summed E-state index contributed by atoms with van der Waals surface area (Å²) in [5.41, 5.74) is 1.91. The molecule has 0 aliphatic heterocycles. The van der Waals surface area contributed by atoms with Gasteiger partial charge in [0.1, 0.15) is 6.54 Å². The number of carbonyl (C=O) groups is 1. The SMILES string of the molecule is Cc1cnccc1CNCC(=O)NCC(F)(F)F. The molecule has 0 aliphatic carbocycles. The molecule has 1 aromatic heterocycles. The van der Waals surface area contributed by atoms with Crippen LogP contribution >= 0.6 is 0 Å². The molecule has 0 unspecified atom stereocenters. The molecular formula is C11H14F3N3O. The summed E-state index contributed by atoms with van der Waals surface area (Å²) in [6.45, 7) is 0.821. The van der Waals surface area contributed by atoms with Gasteiger partial charge in [-0.3, -0.25) is 9.78 Å². The Kier molecular flexibility index (Phi) is 5.08. The van der Waals surface area contributed by atoms with Crippen molar-refractivity contribution in [1.82, 2.24) is 15.6 Å². The van der Waals surface area contributed by atoms with E-state index in [1.54, 1.807) is 23.8 Å². The quantitative estimate of drug-likeness (QED) is 0.836. The van der Waals surface area contributed by atoms with Crippen LogP contribution in [-0.4, -0.2) is 30.2 Å². The molecule has 0 spiro atoms. The van der Waals surface area contributed by atoms with Crippen molar-refractivity contribution in [3.63, 3.8) is 0 Å². The van der Waals surface area contributed by atoms with Gasteiger partial charge in [-0.25, -0.2) is 0 Å². The van der Waals surface area contributed by atoms with Gasteiger partial charge >= 0.3 is 6.18 Å². The van der Waals surface area contributed by atoms with Gasteiger partial charge in [0.05, 0.1) is 6.54 Å². The lowest BCUT2D eigenvalue weighted by Gasteiger charge is -2.09. The van der Waals surface area contributed by atoms with Crippen LogP contribution in [0.3, 0.4) is 0 Å². The molecule has 1 heterocycles. The second-order valence-corrected chi connectivity index (χ2v) is 3.80. The minimum atomic E-state index is -4.38. The first-order valence-corrected chi connectivity index (χ1v) is 5.32. The smallest absolute Gasteiger partial charge is 0.346 e. The number of hydrogen-bond donors (Lipinski definition) is 2. The number of alkyl halides is 3. The minimum absolute atomic E-state index is 0.155. The molecule has 0 aliphatic rings. The zero-order valence-electron chi connectivity index (χ0n) is 9.84. The molecule has 0 radical (unpaired) electrons. The van der Waals surface area contributed by atoms with Crippen molar-refractivity contribution in [2.24, 2.45) is 0 Å². The standard InChI is InChI=1S/C11H14F3N3O/c1-8-4-15-3-2-9(8)5-16-6-10(18)17-7-11(12,13)14/h2-4,16H,5-7H2,1H3,(H,17,18). The van der Waals surface area contributed by atoms with Gasteiger partial charge < -0.3 is 10.6 Å². The Morgan fingerprint density at radius 1 is 1.44 bits per heavy atom. The van der Waals surface area contributed by atoms with Crippen LogP contribution in [0.2, 0.25) is 0 Å². The number of aromatic nitrogens is 1. The van der Waals surface area contributed by atoms with Crippen LogP contribution in [0.15, 0.2) is 18.5 Å². The lowest BCUT2D eigenvalue weighted by Crippen LogP contribution is -2.39. The number of amides is 1. The topological polar surface area (TPSA) is 54.0 Å².